The molecule has 0 heterocycles. The molecule has 0 saturated carbocycles. The van der Waals surface area contributed by atoms with Crippen molar-refractivity contribution in [2.24, 2.45) is 5.73 Å². The van der Waals surface area contributed by atoms with Crippen molar-refractivity contribution in [3.05, 3.63) is 0 Å². The first-order valence-electron chi connectivity index (χ1n) is 10.5. The molecule has 0 saturated heterocycles. The highest BCUT2D eigenvalue weighted by Crippen LogP contribution is 2.13. The molecule has 0 rings (SSSR count). The van der Waals surface area contributed by atoms with Crippen LogP contribution in [0.2, 0.25) is 6.04 Å². The summed E-state index contributed by atoms with van der Waals surface area (Å²) in [5.74, 6) is 0. The molecule has 1 nitrogen and oxygen atoms in total. The van der Waals surface area contributed by atoms with E-state index in [1.54, 1.807) is 0 Å². The van der Waals surface area contributed by atoms with E-state index in [1.165, 1.54) is 119 Å². The van der Waals surface area contributed by atoms with Gasteiger partial charge in [-0.15, -0.1) is 0 Å². The van der Waals surface area contributed by atoms with Crippen molar-refractivity contribution in [1.29, 1.82) is 0 Å². The summed E-state index contributed by atoms with van der Waals surface area (Å²) >= 11 is 0. The largest absolute Gasteiger partial charge is 0.330 e. The Morgan fingerprint density at radius 2 is 0.727 bits per heavy atom. The number of nitrogens with two attached hydrogens (primary N) is 1. The molecule has 0 bridgehead atoms. The van der Waals surface area contributed by atoms with Crippen molar-refractivity contribution >= 4 is 10.2 Å². The van der Waals surface area contributed by atoms with Gasteiger partial charge >= 0.3 is 0 Å². The van der Waals surface area contributed by atoms with Crippen LogP contribution < -0.4 is 5.73 Å². The van der Waals surface area contributed by atoms with Crippen molar-refractivity contribution in [1.82, 2.24) is 0 Å². The summed E-state index contributed by atoms with van der Waals surface area (Å²) in [6.07, 6.45) is 22.9. The zero-order chi connectivity index (χ0) is 16.7. The molecule has 0 aromatic rings. The van der Waals surface area contributed by atoms with Gasteiger partial charge in [-0.05, 0) is 13.0 Å². The maximum Gasteiger partial charge on any atom is 0.00244 e. The average molecular weight is 330 g/mol. The van der Waals surface area contributed by atoms with Crippen LogP contribution in [0.1, 0.15) is 117 Å². The highest BCUT2D eigenvalue weighted by atomic mass is 28.1. The van der Waals surface area contributed by atoms with E-state index in [1.807, 2.05) is 0 Å². The van der Waals surface area contributed by atoms with E-state index in [4.69, 9.17) is 5.73 Å². The topological polar surface area (TPSA) is 26.0 Å². The fourth-order valence-electron chi connectivity index (χ4n) is 2.69. The predicted molar refractivity (Wildman–Crippen MR) is 109 cm³/mol. The van der Waals surface area contributed by atoms with Gasteiger partial charge in [0, 0.05) is 10.2 Å². The summed E-state index contributed by atoms with van der Waals surface area (Å²) in [4.78, 5) is 0. The fraction of sp³-hybridized carbons (Fsp3) is 1.00. The van der Waals surface area contributed by atoms with Crippen LogP contribution in [0.25, 0.3) is 0 Å². The van der Waals surface area contributed by atoms with Gasteiger partial charge in [0.05, 0.1) is 0 Å². The second kappa shape index (κ2) is 26.1. The Kier molecular flexibility index (Phi) is 29.0. The minimum Gasteiger partial charge on any atom is -0.330 e. The molecule has 0 radical (unpaired) electrons. The summed E-state index contributed by atoms with van der Waals surface area (Å²) in [6.45, 7) is 5.35. The van der Waals surface area contributed by atoms with E-state index >= 15 is 0 Å². The van der Waals surface area contributed by atoms with Crippen molar-refractivity contribution in [2.45, 2.75) is 123 Å². The third-order valence-electron chi connectivity index (χ3n) is 4.06. The molecule has 2 N–H and O–H groups in total. The minimum absolute atomic E-state index is 0.873. The van der Waals surface area contributed by atoms with Crippen LogP contribution >= 0.6 is 0 Å². The van der Waals surface area contributed by atoms with Crippen LogP contribution in [-0.2, 0) is 0 Å². The molecular weight excluding hydrogens is 282 g/mol. The third kappa shape index (κ3) is 28.4. The third-order valence-corrected chi connectivity index (χ3v) is 4.06. The Balaban J connectivity index is 0. The molecule has 0 amide bonds. The number of hydrogen-bond donors (Lipinski definition) is 1. The first kappa shape index (κ1) is 24.4. The van der Waals surface area contributed by atoms with E-state index in [9.17, 15) is 0 Å². The van der Waals surface area contributed by atoms with E-state index < -0.39 is 0 Å². The predicted octanol–water partition coefficient (Wildman–Crippen LogP) is 6.00. The Labute approximate surface area is 145 Å². The van der Waals surface area contributed by atoms with Gasteiger partial charge in [-0.25, -0.2) is 0 Å². The zero-order valence-corrected chi connectivity index (χ0v) is 18.3. The van der Waals surface area contributed by atoms with Gasteiger partial charge in [0.1, 0.15) is 0 Å². The first-order chi connectivity index (χ1) is 10.8. The molecule has 0 aliphatic heterocycles. The van der Waals surface area contributed by atoms with Crippen LogP contribution in [0, 0.1) is 0 Å². The lowest BCUT2D eigenvalue weighted by molar-refractivity contribution is 0.530. The normalized spacial score (nSPS) is 10.5. The van der Waals surface area contributed by atoms with Crippen molar-refractivity contribution in [3.63, 3.8) is 0 Å². The van der Waals surface area contributed by atoms with E-state index in [-0.39, 0.29) is 0 Å². The Bertz CT molecular complexity index is 146. The summed E-state index contributed by atoms with van der Waals surface area (Å²) in [5, 5.41) is 0. The summed E-state index contributed by atoms with van der Waals surface area (Å²) in [5.41, 5.74) is 5.48. The first-order valence-corrected chi connectivity index (χ1v) is 11.9. The summed E-state index contributed by atoms with van der Waals surface area (Å²) in [7, 11) is 1.37. The van der Waals surface area contributed by atoms with Crippen molar-refractivity contribution < 1.29 is 0 Å². The van der Waals surface area contributed by atoms with Crippen molar-refractivity contribution in [2.75, 3.05) is 6.54 Å². The Morgan fingerprint density at radius 1 is 0.500 bits per heavy atom. The van der Waals surface area contributed by atoms with Crippen LogP contribution in [0.15, 0.2) is 0 Å². The molecule has 0 fully saturated rings. The molecule has 0 aliphatic carbocycles. The van der Waals surface area contributed by atoms with Gasteiger partial charge in [0.25, 0.3) is 0 Å². The molecule has 0 aromatic carbocycles. The number of hydrogen-bond acceptors (Lipinski definition) is 1. The average Bonchev–Trinajstić information content (AvgIpc) is 2.52. The van der Waals surface area contributed by atoms with Gasteiger partial charge < -0.3 is 5.73 Å². The molecule has 0 atom stereocenters. The smallest absolute Gasteiger partial charge is 0.00244 e. The lowest BCUT2D eigenvalue weighted by Crippen LogP contribution is -1.97. The number of rotatable bonds is 16. The zero-order valence-electron chi connectivity index (χ0n) is 16.3. The van der Waals surface area contributed by atoms with E-state index in [0.29, 0.717) is 0 Å². The number of unbranched alkanes of at least 4 members (excludes halogenated alkanes) is 15. The summed E-state index contributed by atoms with van der Waals surface area (Å²) < 4.78 is 0. The van der Waals surface area contributed by atoms with Gasteiger partial charge in [0.2, 0.25) is 0 Å². The fourth-order valence-corrected chi connectivity index (χ4v) is 2.69. The van der Waals surface area contributed by atoms with Gasteiger partial charge in [-0.1, -0.05) is 116 Å². The summed E-state index contributed by atoms with van der Waals surface area (Å²) in [6, 6.07) is 1.39. The standard InChI is InChI=1S/C18H39N.C2H8Si/c1-2-3-4-5-6-7-8-9-10-11-12-13-14-15-16-17-18-19;1-2-3/h2-19H2,1H3;2H2,1,3H3. The van der Waals surface area contributed by atoms with Gasteiger partial charge in [-0.3, -0.25) is 0 Å². The SMILES string of the molecule is CCCCCCCCCCCCCCCCCCN.CC[SiH3]. The van der Waals surface area contributed by atoms with Crippen LogP contribution in [0.5, 0.6) is 0 Å². The highest BCUT2D eigenvalue weighted by molar-refractivity contribution is 6.08. The van der Waals surface area contributed by atoms with Crippen LogP contribution in [-0.4, -0.2) is 16.8 Å². The Morgan fingerprint density at radius 3 is 0.955 bits per heavy atom. The monoisotopic (exact) mass is 329 g/mol. The van der Waals surface area contributed by atoms with Crippen molar-refractivity contribution in [3.8, 4) is 0 Å². The molecule has 0 unspecified atom stereocenters. The van der Waals surface area contributed by atoms with E-state index in [0.717, 1.165) is 6.54 Å². The van der Waals surface area contributed by atoms with Crippen LogP contribution in [0.4, 0.5) is 0 Å². The maximum atomic E-state index is 5.48. The molecule has 0 aromatic heterocycles. The lowest BCUT2D eigenvalue weighted by Gasteiger charge is -2.03. The molecule has 0 aliphatic rings. The van der Waals surface area contributed by atoms with E-state index in [2.05, 4.69) is 13.8 Å². The molecule has 0 spiro atoms. The molecular formula is C20H47NSi. The Hall–Kier alpha value is 0.177. The van der Waals surface area contributed by atoms with Gasteiger partial charge in [0.15, 0.2) is 0 Å². The quantitative estimate of drug-likeness (QED) is 0.273. The molecule has 136 valence electrons. The second-order valence-electron chi connectivity index (χ2n) is 6.80. The molecule has 2 heteroatoms. The second-order valence-corrected chi connectivity index (χ2v) is 8.21. The lowest BCUT2D eigenvalue weighted by atomic mass is 10.0. The van der Waals surface area contributed by atoms with Gasteiger partial charge in [-0.2, -0.15) is 0 Å². The highest BCUT2D eigenvalue weighted by Gasteiger charge is 1.94. The maximum absolute atomic E-state index is 5.48. The van der Waals surface area contributed by atoms with Crippen LogP contribution in [0.3, 0.4) is 0 Å². The molecule has 22 heavy (non-hydrogen) atoms. The minimum atomic E-state index is 0.873.